The Balaban J connectivity index is 2.15. The van der Waals surface area contributed by atoms with Gasteiger partial charge in [0.25, 0.3) is 15.9 Å². The molecule has 0 atom stereocenters. The second kappa shape index (κ2) is 7.66. The molecule has 0 spiro atoms. The van der Waals surface area contributed by atoms with Crippen molar-refractivity contribution < 1.29 is 33.0 Å². The number of carbonyl (C=O) groups excluding carboxylic acids is 1. The summed E-state index contributed by atoms with van der Waals surface area (Å²) in [6, 6.07) is 10.2. The summed E-state index contributed by atoms with van der Waals surface area (Å²) < 4.78 is 26.9. The average molecular weight is 378 g/mol. The molecule has 26 heavy (non-hydrogen) atoms. The van der Waals surface area contributed by atoms with E-state index in [9.17, 15) is 22.8 Å². The van der Waals surface area contributed by atoms with Gasteiger partial charge in [-0.1, -0.05) is 6.07 Å². The van der Waals surface area contributed by atoms with E-state index in [1.54, 1.807) is 0 Å². The molecule has 2 aromatic carbocycles. The number of amides is 1. The lowest BCUT2D eigenvalue weighted by molar-refractivity contribution is -0.135. The molecule has 0 saturated carbocycles. The summed E-state index contributed by atoms with van der Waals surface area (Å²) in [5.74, 6) is -3.05. The molecule has 0 radical (unpaired) electrons. The van der Waals surface area contributed by atoms with Crippen LogP contribution in [-0.4, -0.2) is 43.0 Å². The van der Waals surface area contributed by atoms with E-state index in [-0.39, 0.29) is 21.7 Å². The first-order valence-corrected chi connectivity index (χ1v) is 8.63. The Morgan fingerprint density at radius 2 is 1.58 bits per heavy atom. The van der Waals surface area contributed by atoms with Crippen molar-refractivity contribution in [3.63, 3.8) is 0 Å². The lowest BCUT2D eigenvalue weighted by Gasteiger charge is -2.09. The zero-order valence-electron chi connectivity index (χ0n) is 13.2. The largest absolute Gasteiger partial charge is 0.480 e. The molecule has 0 saturated heterocycles. The van der Waals surface area contributed by atoms with Crippen molar-refractivity contribution in [2.75, 3.05) is 11.3 Å². The molecule has 0 aromatic heterocycles. The third-order valence-electron chi connectivity index (χ3n) is 3.19. The predicted molar refractivity (Wildman–Crippen MR) is 90.6 cm³/mol. The minimum absolute atomic E-state index is 0.153. The number of nitrogens with one attached hydrogen (secondary N) is 2. The van der Waals surface area contributed by atoms with Gasteiger partial charge < -0.3 is 15.5 Å². The van der Waals surface area contributed by atoms with Crippen molar-refractivity contribution >= 4 is 33.6 Å². The summed E-state index contributed by atoms with van der Waals surface area (Å²) >= 11 is 0. The van der Waals surface area contributed by atoms with Crippen LogP contribution in [0.3, 0.4) is 0 Å². The van der Waals surface area contributed by atoms with Crippen molar-refractivity contribution in [3.05, 3.63) is 59.7 Å². The van der Waals surface area contributed by atoms with Crippen LogP contribution in [0.2, 0.25) is 0 Å². The lowest BCUT2D eigenvalue weighted by Crippen LogP contribution is -2.29. The van der Waals surface area contributed by atoms with E-state index in [2.05, 4.69) is 10.0 Å². The van der Waals surface area contributed by atoms with Crippen LogP contribution in [0, 0.1) is 0 Å². The zero-order chi connectivity index (χ0) is 19.3. The summed E-state index contributed by atoms with van der Waals surface area (Å²) in [5.41, 5.74) is 0.140. The van der Waals surface area contributed by atoms with Gasteiger partial charge in [0.05, 0.1) is 10.5 Å². The number of carboxylic acid groups (broad SMARTS) is 2. The second-order valence-electron chi connectivity index (χ2n) is 5.09. The summed E-state index contributed by atoms with van der Waals surface area (Å²) in [4.78, 5) is 32.8. The maximum Gasteiger partial charge on any atom is 0.335 e. The van der Waals surface area contributed by atoms with E-state index < -0.39 is 34.4 Å². The van der Waals surface area contributed by atoms with Crippen molar-refractivity contribution in [1.82, 2.24) is 5.32 Å². The highest BCUT2D eigenvalue weighted by Crippen LogP contribution is 2.18. The molecule has 0 bridgehead atoms. The average Bonchev–Trinajstić information content (AvgIpc) is 2.60. The van der Waals surface area contributed by atoms with Gasteiger partial charge in [-0.15, -0.1) is 0 Å². The second-order valence-corrected chi connectivity index (χ2v) is 6.77. The number of hydrogen-bond donors (Lipinski definition) is 4. The summed E-state index contributed by atoms with van der Waals surface area (Å²) in [6.07, 6.45) is 0. The molecule has 0 fully saturated rings. The molecule has 136 valence electrons. The smallest absolute Gasteiger partial charge is 0.335 e. The molecule has 0 unspecified atom stereocenters. The summed E-state index contributed by atoms with van der Waals surface area (Å²) in [5, 5.41) is 19.6. The predicted octanol–water partition coefficient (Wildman–Crippen LogP) is 1.000. The van der Waals surface area contributed by atoms with E-state index in [1.165, 1.54) is 42.5 Å². The molecule has 9 nitrogen and oxygen atoms in total. The number of benzene rings is 2. The van der Waals surface area contributed by atoms with Crippen LogP contribution < -0.4 is 10.0 Å². The number of anilines is 1. The first-order valence-electron chi connectivity index (χ1n) is 7.15. The van der Waals surface area contributed by atoms with Crippen LogP contribution in [0.1, 0.15) is 20.7 Å². The maximum absolute atomic E-state index is 12.3. The zero-order valence-corrected chi connectivity index (χ0v) is 14.0. The number of rotatable bonds is 7. The molecule has 4 N–H and O–H groups in total. The van der Waals surface area contributed by atoms with Crippen molar-refractivity contribution in [2.45, 2.75) is 4.90 Å². The fraction of sp³-hybridized carbons (Fsp3) is 0.0625. The Bertz CT molecular complexity index is 953. The lowest BCUT2D eigenvalue weighted by atomic mass is 10.2. The summed E-state index contributed by atoms with van der Waals surface area (Å²) in [6.45, 7) is -0.535. The van der Waals surface area contributed by atoms with E-state index in [1.807, 2.05) is 0 Å². The molecule has 0 aliphatic carbocycles. The van der Waals surface area contributed by atoms with Gasteiger partial charge in [0.1, 0.15) is 6.54 Å². The topological polar surface area (TPSA) is 150 Å². The molecule has 2 rings (SSSR count). The Morgan fingerprint density at radius 3 is 2.15 bits per heavy atom. The fourth-order valence-corrected chi connectivity index (χ4v) is 3.06. The quantitative estimate of drug-likeness (QED) is 0.561. The van der Waals surface area contributed by atoms with Gasteiger partial charge in [-0.25, -0.2) is 13.2 Å². The van der Waals surface area contributed by atoms with Gasteiger partial charge in [0.2, 0.25) is 0 Å². The highest BCUT2D eigenvalue weighted by Gasteiger charge is 2.16. The fourth-order valence-electron chi connectivity index (χ4n) is 1.96. The Kier molecular flexibility index (Phi) is 5.58. The van der Waals surface area contributed by atoms with Crippen LogP contribution >= 0.6 is 0 Å². The van der Waals surface area contributed by atoms with Gasteiger partial charge in [-0.3, -0.25) is 14.3 Å². The number of aliphatic carboxylic acids is 1. The van der Waals surface area contributed by atoms with Gasteiger partial charge in [0.15, 0.2) is 0 Å². The molecule has 1 amide bonds. The highest BCUT2D eigenvalue weighted by molar-refractivity contribution is 7.92. The van der Waals surface area contributed by atoms with Gasteiger partial charge in [-0.05, 0) is 42.5 Å². The monoisotopic (exact) mass is 378 g/mol. The molecule has 0 aliphatic rings. The molecule has 0 heterocycles. The Morgan fingerprint density at radius 1 is 0.923 bits per heavy atom. The third-order valence-corrected chi connectivity index (χ3v) is 4.57. The van der Waals surface area contributed by atoms with Gasteiger partial charge >= 0.3 is 11.9 Å². The molecule has 10 heteroatoms. The minimum Gasteiger partial charge on any atom is -0.480 e. The van der Waals surface area contributed by atoms with E-state index in [0.29, 0.717) is 0 Å². The highest BCUT2D eigenvalue weighted by atomic mass is 32.2. The van der Waals surface area contributed by atoms with Gasteiger partial charge in [0, 0.05) is 11.3 Å². The molecule has 0 aliphatic heterocycles. The van der Waals surface area contributed by atoms with Crippen LogP contribution in [0.5, 0.6) is 0 Å². The maximum atomic E-state index is 12.3. The third kappa shape index (κ3) is 4.80. The molecule has 2 aromatic rings. The Hall–Kier alpha value is -3.40. The summed E-state index contributed by atoms with van der Waals surface area (Å²) in [7, 11) is -4.02. The van der Waals surface area contributed by atoms with Crippen LogP contribution in [0.25, 0.3) is 0 Å². The molecular formula is C16H14N2O7S. The minimum atomic E-state index is -4.02. The van der Waals surface area contributed by atoms with Crippen LogP contribution in [0.4, 0.5) is 5.69 Å². The molecular weight excluding hydrogens is 364 g/mol. The number of carbonyl (C=O) groups is 3. The van der Waals surface area contributed by atoms with Gasteiger partial charge in [-0.2, -0.15) is 0 Å². The van der Waals surface area contributed by atoms with Crippen molar-refractivity contribution in [1.29, 1.82) is 0 Å². The van der Waals surface area contributed by atoms with E-state index >= 15 is 0 Å². The number of carboxylic acids is 2. The SMILES string of the molecule is O=C(O)CNC(=O)c1ccc(NS(=O)(=O)c2cccc(C(=O)O)c2)cc1. The normalized spacial score (nSPS) is 10.8. The van der Waals surface area contributed by atoms with Crippen LogP contribution in [-0.2, 0) is 14.8 Å². The number of sulfonamides is 1. The van der Waals surface area contributed by atoms with Crippen molar-refractivity contribution in [3.8, 4) is 0 Å². The standard InChI is InChI=1S/C16H14N2O7S/c19-14(20)9-17-15(21)10-4-6-12(7-5-10)18-26(24,25)13-3-1-2-11(8-13)16(22)23/h1-8,18H,9H2,(H,17,21)(H,19,20)(H,22,23). The first kappa shape index (κ1) is 18.9. The number of hydrogen-bond acceptors (Lipinski definition) is 5. The van der Waals surface area contributed by atoms with E-state index in [0.717, 1.165) is 6.07 Å². The van der Waals surface area contributed by atoms with Crippen LogP contribution in [0.15, 0.2) is 53.4 Å². The first-order chi connectivity index (χ1) is 12.2. The Labute approximate surface area is 148 Å². The van der Waals surface area contributed by atoms with Crippen molar-refractivity contribution in [2.24, 2.45) is 0 Å². The van der Waals surface area contributed by atoms with E-state index in [4.69, 9.17) is 10.2 Å². The number of aromatic carboxylic acids is 1.